The zero-order valence-corrected chi connectivity index (χ0v) is 10.1. The first-order valence-corrected chi connectivity index (χ1v) is 5.93. The maximum absolute atomic E-state index is 13.9. The molecule has 0 fully saturated rings. The van der Waals surface area contributed by atoms with Gasteiger partial charge in [-0.2, -0.15) is 0 Å². The number of carbonyl (C=O) groups excluding carboxylic acids is 1. The van der Waals surface area contributed by atoms with Crippen molar-refractivity contribution in [3.63, 3.8) is 0 Å². The molecule has 4 heteroatoms. The molecule has 0 saturated carbocycles. The van der Waals surface area contributed by atoms with Gasteiger partial charge in [-0.1, -0.05) is 18.2 Å². The van der Waals surface area contributed by atoms with Gasteiger partial charge in [0.15, 0.2) is 11.5 Å². The largest absolute Gasteiger partial charge is 0.486 e. The molecular weight excluding hydrogens is 247 g/mol. The first-order valence-electron chi connectivity index (χ1n) is 5.93. The predicted octanol–water partition coefficient (Wildman–Crippen LogP) is 3.08. The molecule has 2 aromatic rings. The Kier molecular flexibility index (Phi) is 2.91. The van der Waals surface area contributed by atoms with E-state index in [9.17, 15) is 9.18 Å². The molecule has 0 spiro atoms. The molecule has 96 valence electrons. The van der Waals surface area contributed by atoms with Crippen LogP contribution in [0.3, 0.4) is 0 Å². The van der Waals surface area contributed by atoms with E-state index in [1.807, 2.05) is 0 Å². The minimum atomic E-state index is -0.429. The van der Waals surface area contributed by atoms with Crippen molar-refractivity contribution >= 4 is 6.29 Å². The molecule has 3 nitrogen and oxygen atoms in total. The molecule has 1 aliphatic rings. The second-order valence-corrected chi connectivity index (χ2v) is 4.22. The second-order valence-electron chi connectivity index (χ2n) is 4.22. The Balaban J connectivity index is 2.04. The van der Waals surface area contributed by atoms with E-state index in [-0.39, 0.29) is 0 Å². The van der Waals surface area contributed by atoms with Crippen molar-refractivity contribution in [3.8, 4) is 22.6 Å². The monoisotopic (exact) mass is 258 g/mol. The van der Waals surface area contributed by atoms with Crippen LogP contribution in [-0.2, 0) is 0 Å². The van der Waals surface area contributed by atoms with Crippen LogP contribution in [0.4, 0.5) is 4.39 Å². The van der Waals surface area contributed by atoms with Gasteiger partial charge in [0.25, 0.3) is 0 Å². The van der Waals surface area contributed by atoms with Crippen molar-refractivity contribution in [2.45, 2.75) is 0 Å². The van der Waals surface area contributed by atoms with Gasteiger partial charge in [-0.3, -0.25) is 4.79 Å². The summed E-state index contributed by atoms with van der Waals surface area (Å²) < 4.78 is 24.8. The van der Waals surface area contributed by atoms with Crippen LogP contribution in [0.15, 0.2) is 36.4 Å². The molecule has 19 heavy (non-hydrogen) atoms. The van der Waals surface area contributed by atoms with Crippen LogP contribution in [0.25, 0.3) is 11.1 Å². The molecule has 0 N–H and O–H groups in total. The SMILES string of the molecule is O=Cc1ccc(-c2ccc3c(c2)OCCO3)c(F)c1. The van der Waals surface area contributed by atoms with Gasteiger partial charge >= 0.3 is 0 Å². The van der Waals surface area contributed by atoms with Crippen LogP contribution in [0.1, 0.15) is 10.4 Å². The van der Waals surface area contributed by atoms with Crippen LogP contribution in [0, 0.1) is 5.82 Å². The summed E-state index contributed by atoms with van der Waals surface area (Å²) in [6.07, 6.45) is 0.622. The van der Waals surface area contributed by atoms with Crippen LogP contribution in [0.2, 0.25) is 0 Å². The summed E-state index contributed by atoms with van der Waals surface area (Å²) in [7, 11) is 0. The van der Waals surface area contributed by atoms with Crippen LogP contribution in [0.5, 0.6) is 11.5 Å². The summed E-state index contributed by atoms with van der Waals surface area (Å²) in [6.45, 7) is 1.01. The van der Waals surface area contributed by atoms with Crippen molar-refractivity contribution < 1.29 is 18.7 Å². The second kappa shape index (κ2) is 4.72. The number of carbonyl (C=O) groups is 1. The van der Waals surface area contributed by atoms with Crippen molar-refractivity contribution in [3.05, 3.63) is 47.8 Å². The highest BCUT2D eigenvalue weighted by Gasteiger charge is 2.14. The lowest BCUT2D eigenvalue weighted by Crippen LogP contribution is -2.15. The highest BCUT2D eigenvalue weighted by molar-refractivity contribution is 5.77. The molecule has 0 aliphatic carbocycles. The van der Waals surface area contributed by atoms with Crippen LogP contribution >= 0.6 is 0 Å². The molecule has 0 unspecified atom stereocenters. The topological polar surface area (TPSA) is 35.5 Å². The van der Waals surface area contributed by atoms with Crippen molar-refractivity contribution in [2.24, 2.45) is 0 Å². The number of hydrogen-bond acceptors (Lipinski definition) is 3. The number of fused-ring (bicyclic) bond motifs is 1. The van der Waals surface area contributed by atoms with E-state index in [2.05, 4.69) is 0 Å². The molecule has 0 saturated heterocycles. The molecule has 1 aliphatic heterocycles. The van der Waals surface area contributed by atoms with E-state index in [4.69, 9.17) is 9.47 Å². The van der Waals surface area contributed by atoms with E-state index in [0.29, 0.717) is 47.7 Å². The number of halogens is 1. The molecule has 1 heterocycles. The molecule has 2 aromatic carbocycles. The highest BCUT2D eigenvalue weighted by atomic mass is 19.1. The Labute approximate surface area is 109 Å². The maximum Gasteiger partial charge on any atom is 0.161 e. The zero-order valence-electron chi connectivity index (χ0n) is 10.1. The summed E-state index contributed by atoms with van der Waals surface area (Å²) in [5, 5.41) is 0. The number of aldehydes is 1. The van der Waals surface area contributed by atoms with E-state index >= 15 is 0 Å². The average molecular weight is 258 g/mol. The molecule has 0 atom stereocenters. The molecule has 0 amide bonds. The average Bonchev–Trinajstić information content (AvgIpc) is 2.46. The Morgan fingerprint density at radius 3 is 2.53 bits per heavy atom. The maximum atomic E-state index is 13.9. The first-order chi connectivity index (χ1) is 9.28. The molecule has 0 bridgehead atoms. The van der Waals surface area contributed by atoms with Gasteiger partial charge < -0.3 is 9.47 Å². The Morgan fingerprint density at radius 2 is 1.79 bits per heavy atom. The van der Waals surface area contributed by atoms with Gasteiger partial charge in [0.05, 0.1) is 0 Å². The van der Waals surface area contributed by atoms with E-state index in [0.717, 1.165) is 0 Å². The fraction of sp³-hybridized carbons (Fsp3) is 0.133. The number of hydrogen-bond donors (Lipinski definition) is 0. The summed E-state index contributed by atoms with van der Waals surface area (Å²) in [6, 6.07) is 9.67. The van der Waals surface area contributed by atoms with Gasteiger partial charge in [-0.25, -0.2) is 4.39 Å². The highest BCUT2D eigenvalue weighted by Crippen LogP contribution is 2.35. The minimum Gasteiger partial charge on any atom is -0.486 e. The van der Waals surface area contributed by atoms with Gasteiger partial charge in [0.1, 0.15) is 25.3 Å². The van der Waals surface area contributed by atoms with Crippen molar-refractivity contribution in [1.82, 2.24) is 0 Å². The van der Waals surface area contributed by atoms with Crippen LogP contribution in [-0.4, -0.2) is 19.5 Å². The summed E-state index contributed by atoms with van der Waals surface area (Å²) in [5.74, 6) is 0.851. The molecule has 0 aromatic heterocycles. The lowest BCUT2D eigenvalue weighted by atomic mass is 10.0. The lowest BCUT2D eigenvalue weighted by molar-refractivity contribution is 0.112. The first kappa shape index (κ1) is 11.7. The number of ether oxygens (including phenoxy) is 2. The van der Waals surface area contributed by atoms with Crippen molar-refractivity contribution in [1.29, 1.82) is 0 Å². The fourth-order valence-electron chi connectivity index (χ4n) is 2.05. The van der Waals surface area contributed by atoms with Gasteiger partial charge in [0.2, 0.25) is 0 Å². The molecular formula is C15H11FO3. The van der Waals surface area contributed by atoms with Gasteiger partial charge in [0, 0.05) is 11.1 Å². The number of rotatable bonds is 2. The third-order valence-electron chi connectivity index (χ3n) is 2.98. The predicted molar refractivity (Wildman–Crippen MR) is 68.2 cm³/mol. The third kappa shape index (κ3) is 2.17. The molecule has 3 rings (SSSR count). The minimum absolute atomic E-state index is 0.318. The fourth-order valence-corrected chi connectivity index (χ4v) is 2.05. The van der Waals surface area contributed by atoms with Gasteiger partial charge in [-0.15, -0.1) is 0 Å². The van der Waals surface area contributed by atoms with Gasteiger partial charge in [-0.05, 0) is 23.8 Å². The summed E-state index contributed by atoms with van der Waals surface area (Å²) in [4.78, 5) is 10.6. The van der Waals surface area contributed by atoms with E-state index in [1.165, 1.54) is 6.07 Å². The van der Waals surface area contributed by atoms with Crippen LogP contribution < -0.4 is 9.47 Å². The Bertz CT molecular complexity index is 637. The third-order valence-corrected chi connectivity index (χ3v) is 2.98. The van der Waals surface area contributed by atoms with Crippen molar-refractivity contribution in [2.75, 3.05) is 13.2 Å². The number of benzene rings is 2. The smallest absolute Gasteiger partial charge is 0.161 e. The van der Waals surface area contributed by atoms with E-state index in [1.54, 1.807) is 30.3 Å². The standard InChI is InChI=1S/C15H11FO3/c16-13-7-10(9-17)1-3-12(13)11-2-4-14-15(8-11)19-6-5-18-14/h1-4,7-9H,5-6H2. The van der Waals surface area contributed by atoms with E-state index < -0.39 is 5.82 Å². The Hall–Kier alpha value is -2.36. The summed E-state index contributed by atoms with van der Waals surface area (Å²) in [5.41, 5.74) is 1.44. The quantitative estimate of drug-likeness (QED) is 0.776. The normalized spacial score (nSPS) is 13.1. The Morgan fingerprint density at radius 1 is 1.00 bits per heavy atom. The zero-order chi connectivity index (χ0) is 13.2. The summed E-state index contributed by atoms with van der Waals surface area (Å²) >= 11 is 0. The molecule has 0 radical (unpaired) electrons. The lowest BCUT2D eigenvalue weighted by Gasteiger charge is -2.19.